The van der Waals surface area contributed by atoms with Crippen LogP contribution in [0, 0.1) is 19.3 Å². The number of hydrogen-bond donors (Lipinski definition) is 4. The number of aryl methyl sites for hydroxylation is 2. The smallest absolute Gasteiger partial charge is 0.268 e. The van der Waals surface area contributed by atoms with Crippen LogP contribution in [-0.4, -0.2) is 47.2 Å². The molecule has 206 valence electrons. The van der Waals surface area contributed by atoms with Crippen molar-refractivity contribution in [2.45, 2.75) is 72.9 Å². The largest absolute Gasteiger partial charge is 0.370 e. The summed E-state index contributed by atoms with van der Waals surface area (Å²) in [4.78, 5) is 55.4. The van der Waals surface area contributed by atoms with Crippen molar-refractivity contribution in [1.29, 1.82) is 0 Å². The second kappa shape index (κ2) is 13.6. The molecule has 0 saturated heterocycles. The molecule has 9 nitrogen and oxygen atoms in total. The molecule has 0 radical (unpaired) electrons. The van der Waals surface area contributed by atoms with Crippen LogP contribution in [0.1, 0.15) is 68.6 Å². The van der Waals surface area contributed by atoms with Gasteiger partial charge in [0.1, 0.15) is 11.7 Å². The van der Waals surface area contributed by atoms with Crippen LogP contribution in [0.15, 0.2) is 48.7 Å². The molecule has 0 bridgehead atoms. The number of anilines is 1. The number of amides is 4. The zero-order chi connectivity index (χ0) is 28.5. The number of carbonyl (C=O) groups is 4. The number of primary amides is 1. The Kier molecular flexibility index (Phi) is 10.9. The third kappa shape index (κ3) is 8.61. The molecule has 1 aromatic heterocycles. The van der Waals surface area contributed by atoms with Gasteiger partial charge in [-0.05, 0) is 68.4 Å². The molecule has 1 heterocycles. The molecule has 38 heavy (non-hydrogen) atoms. The van der Waals surface area contributed by atoms with E-state index in [1.54, 1.807) is 23.2 Å². The Morgan fingerprint density at radius 3 is 2.42 bits per heavy atom. The molecule has 0 unspecified atom stereocenters. The maximum absolute atomic E-state index is 13.7. The summed E-state index contributed by atoms with van der Waals surface area (Å²) >= 11 is 0. The standard InChI is InChI=1S/C29H41N5O4/c1-7-10-21(11-8-13-24(30)35)34(23-17-19(2)14-15-20(23)3)25(36)18-32-28(38)26(29(4,5)6)33-27(37)22-12-9-16-31-22/h7,9-10,12,14-17,21,26,31H,8,11,13,18H2,1-6H3,(H2,30,35)(H,32,38)(H,33,37)/b10-7+/t21-,26-/m1/s1. The molecule has 2 aromatic rings. The highest BCUT2D eigenvalue weighted by atomic mass is 16.2. The Hall–Kier alpha value is -3.88. The van der Waals surface area contributed by atoms with Gasteiger partial charge in [0.15, 0.2) is 0 Å². The quantitative estimate of drug-likeness (QED) is 0.316. The van der Waals surface area contributed by atoms with Crippen molar-refractivity contribution in [3.05, 3.63) is 65.5 Å². The number of nitrogens with two attached hydrogens (primary N) is 1. The summed E-state index contributed by atoms with van der Waals surface area (Å²) in [6.07, 6.45) is 6.67. The molecule has 0 saturated carbocycles. The first-order valence-corrected chi connectivity index (χ1v) is 12.9. The summed E-state index contributed by atoms with van der Waals surface area (Å²) in [6.45, 7) is 11.0. The average molecular weight is 524 g/mol. The van der Waals surface area contributed by atoms with Crippen LogP contribution >= 0.6 is 0 Å². The highest BCUT2D eigenvalue weighted by Gasteiger charge is 2.34. The van der Waals surface area contributed by atoms with E-state index in [1.165, 1.54) is 0 Å². The molecule has 0 fully saturated rings. The van der Waals surface area contributed by atoms with E-state index >= 15 is 0 Å². The first-order chi connectivity index (χ1) is 17.8. The maximum atomic E-state index is 13.7. The number of benzene rings is 1. The van der Waals surface area contributed by atoms with Crippen LogP contribution in [0.25, 0.3) is 0 Å². The number of allylic oxidation sites excluding steroid dienone is 1. The molecule has 5 N–H and O–H groups in total. The third-order valence-corrected chi connectivity index (χ3v) is 6.22. The van der Waals surface area contributed by atoms with Crippen molar-refractivity contribution in [1.82, 2.24) is 15.6 Å². The molecule has 4 amide bonds. The molecule has 0 aliphatic carbocycles. The fourth-order valence-electron chi connectivity index (χ4n) is 4.20. The average Bonchev–Trinajstić information content (AvgIpc) is 3.37. The summed E-state index contributed by atoms with van der Waals surface area (Å²) in [5.74, 6) is -1.56. The van der Waals surface area contributed by atoms with E-state index in [1.807, 2.05) is 71.9 Å². The van der Waals surface area contributed by atoms with Gasteiger partial charge in [0.05, 0.1) is 12.6 Å². The number of carbonyl (C=O) groups excluding carboxylic acids is 4. The van der Waals surface area contributed by atoms with Gasteiger partial charge in [-0.1, -0.05) is 45.1 Å². The number of nitrogens with zero attached hydrogens (tertiary/aromatic N) is 1. The van der Waals surface area contributed by atoms with Crippen LogP contribution in [-0.2, 0) is 14.4 Å². The minimum atomic E-state index is -0.873. The SMILES string of the molecule is C/C=C/[C@H](CCCC(N)=O)N(C(=O)CNC(=O)[C@@H](NC(=O)c1ccc[nH]1)C(C)(C)C)c1cc(C)ccc1C. The van der Waals surface area contributed by atoms with Gasteiger partial charge in [-0.2, -0.15) is 0 Å². The van der Waals surface area contributed by atoms with E-state index in [4.69, 9.17) is 5.73 Å². The molecule has 2 atom stereocenters. The van der Waals surface area contributed by atoms with Gasteiger partial charge >= 0.3 is 0 Å². The molecule has 0 aliphatic heterocycles. The zero-order valence-corrected chi connectivity index (χ0v) is 23.3. The predicted octanol–water partition coefficient (Wildman–Crippen LogP) is 3.53. The van der Waals surface area contributed by atoms with Crippen LogP contribution in [0.2, 0.25) is 0 Å². The Labute approximate surface area is 225 Å². The summed E-state index contributed by atoms with van der Waals surface area (Å²) in [5, 5.41) is 5.52. The number of aromatic amines is 1. The summed E-state index contributed by atoms with van der Waals surface area (Å²) in [5.41, 5.74) is 7.70. The van der Waals surface area contributed by atoms with E-state index < -0.39 is 29.2 Å². The van der Waals surface area contributed by atoms with Crippen molar-refractivity contribution >= 4 is 29.3 Å². The lowest BCUT2D eigenvalue weighted by atomic mass is 9.86. The number of nitrogens with one attached hydrogen (secondary N) is 3. The van der Waals surface area contributed by atoms with Gasteiger partial charge in [0, 0.05) is 18.3 Å². The molecule has 9 heteroatoms. The van der Waals surface area contributed by atoms with Crippen molar-refractivity contribution in [2.75, 3.05) is 11.4 Å². The van der Waals surface area contributed by atoms with Gasteiger partial charge in [0.25, 0.3) is 5.91 Å². The Morgan fingerprint density at radius 1 is 1.13 bits per heavy atom. The predicted molar refractivity (Wildman–Crippen MR) is 150 cm³/mol. The molecule has 2 rings (SSSR count). The van der Waals surface area contributed by atoms with Crippen molar-refractivity contribution in [3.63, 3.8) is 0 Å². The minimum absolute atomic E-state index is 0.216. The lowest BCUT2D eigenvalue weighted by Crippen LogP contribution is -2.55. The van der Waals surface area contributed by atoms with Crippen LogP contribution in [0.3, 0.4) is 0 Å². The maximum Gasteiger partial charge on any atom is 0.268 e. The van der Waals surface area contributed by atoms with Crippen molar-refractivity contribution < 1.29 is 19.2 Å². The normalized spacial score (nSPS) is 13.1. The van der Waals surface area contributed by atoms with E-state index in [0.717, 1.165) is 16.8 Å². The second-order valence-electron chi connectivity index (χ2n) is 10.6. The van der Waals surface area contributed by atoms with E-state index in [2.05, 4.69) is 15.6 Å². The third-order valence-electron chi connectivity index (χ3n) is 6.22. The van der Waals surface area contributed by atoms with E-state index in [0.29, 0.717) is 18.5 Å². The topological polar surface area (TPSA) is 137 Å². The number of aromatic nitrogens is 1. The second-order valence-corrected chi connectivity index (χ2v) is 10.6. The first-order valence-electron chi connectivity index (χ1n) is 12.9. The van der Waals surface area contributed by atoms with Gasteiger partial charge in [-0.3, -0.25) is 19.2 Å². The van der Waals surface area contributed by atoms with E-state index in [-0.39, 0.29) is 24.9 Å². The summed E-state index contributed by atoms with van der Waals surface area (Å²) in [6, 6.07) is 7.98. The van der Waals surface area contributed by atoms with Crippen molar-refractivity contribution in [3.8, 4) is 0 Å². The highest BCUT2D eigenvalue weighted by molar-refractivity contribution is 6.00. The lowest BCUT2D eigenvalue weighted by molar-refractivity contribution is -0.128. The molecule has 1 aromatic carbocycles. The van der Waals surface area contributed by atoms with Gasteiger partial charge in [0.2, 0.25) is 17.7 Å². The van der Waals surface area contributed by atoms with Gasteiger partial charge < -0.3 is 26.3 Å². The van der Waals surface area contributed by atoms with Gasteiger partial charge in [-0.25, -0.2) is 0 Å². The van der Waals surface area contributed by atoms with Crippen LogP contribution in [0.4, 0.5) is 5.69 Å². The zero-order valence-electron chi connectivity index (χ0n) is 23.3. The Balaban J connectivity index is 2.29. The van der Waals surface area contributed by atoms with E-state index in [9.17, 15) is 19.2 Å². The molecular weight excluding hydrogens is 482 g/mol. The molecule has 0 spiro atoms. The molecular formula is C29H41N5O4. The minimum Gasteiger partial charge on any atom is -0.370 e. The Morgan fingerprint density at radius 2 is 1.84 bits per heavy atom. The van der Waals surface area contributed by atoms with Crippen molar-refractivity contribution in [2.24, 2.45) is 11.1 Å². The first kappa shape index (κ1) is 30.3. The summed E-state index contributed by atoms with van der Waals surface area (Å²) in [7, 11) is 0. The number of rotatable bonds is 12. The number of hydrogen-bond acceptors (Lipinski definition) is 4. The highest BCUT2D eigenvalue weighted by Crippen LogP contribution is 2.27. The van der Waals surface area contributed by atoms with Crippen LogP contribution < -0.4 is 21.3 Å². The number of H-pyrrole nitrogens is 1. The van der Waals surface area contributed by atoms with Gasteiger partial charge in [-0.15, -0.1) is 0 Å². The lowest BCUT2D eigenvalue weighted by Gasteiger charge is -2.33. The Bertz CT molecular complexity index is 1150. The fraction of sp³-hybridized carbons (Fsp3) is 0.448. The van der Waals surface area contributed by atoms with Crippen LogP contribution in [0.5, 0.6) is 0 Å². The molecule has 0 aliphatic rings. The monoisotopic (exact) mass is 523 g/mol. The summed E-state index contributed by atoms with van der Waals surface area (Å²) < 4.78 is 0. The fourth-order valence-corrected chi connectivity index (χ4v) is 4.20.